The van der Waals surface area contributed by atoms with E-state index in [4.69, 9.17) is 0 Å². The number of rotatable bonds is 5. The van der Waals surface area contributed by atoms with Gasteiger partial charge in [-0.2, -0.15) is 5.10 Å². The van der Waals surface area contributed by atoms with Gasteiger partial charge < -0.3 is 9.88 Å². The highest BCUT2D eigenvalue weighted by molar-refractivity contribution is 5.94. The number of hydrogen-bond acceptors (Lipinski definition) is 4. The Hall–Kier alpha value is -2.96. The van der Waals surface area contributed by atoms with E-state index in [1.165, 1.54) is 0 Å². The van der Waals surface area contributed by atoms with E-state index in [2.05, 4.69) is 20.6 Å². The van der Waals surface area contributed by atoms with Gasteiger partial charge in [0, 0.05) is 24.3 Å². The van der Waals surface area contributed by atoms with Crippen LogP contribution in [0.5, 0.6) is 0 Å². The quantitative estimate of drug-likeness (QED) is 0.775. The van der Waals surface area contributed by atoms with Crippen LogP contribution < -0.4 is 5.32 Å². The highest BCUT2D eigenvalue weighted by atomic mass is 16.1. The third-order valence-corrected chi connectivity index (χ3v) is 3.51. The van der Waals surface area contributed by atoms with Crippen LogP contribution in [0.2, 0.25) is 0 Å². The molecule has 3 aromatic rings. The highest BCUT2D eigenvalue weighted by Gasteiger charge is 2.07. The Morgan fingerprint density at radius 1 is 1.13 bits per heavy atom. The molecule has 2 heterocycles. The number of carbonyl (C=O) groups is 1. The van der Waals surface area contributed by atoms with Crippen molar-refractivity contribution in [2.75, 3.05) is 6.54 Å². The number of amides is 1. The summed E-state index contributed by atoms with van der Waals surface area (Å²) in [6.07, 6.45) is 3.24. The Morgan fingerprint density at radius 2 is 1.83 bits per heavy atom. The summed E-state index contributed by atoms with van der Waals surface area (Å²) >= 11 is 0. The molecule has 0 aliphatic heterocycles. The number of nitrogens with zero attached hydrogens (tertiary/aromatic N) is 5. The van der Waals surface area contributed by atoms with Crippen LogP contribution in [-0.2, 0) is 6.54 Å². The first-order valence-electron chi connectivity index (χ1n) is 7.38. The fourth-order valence-electron chi connectivity index (χ4n) is 2.38. The molecule has 0 fully saturated rings. The van der Waals surface area contributed by atoms with E-state index >= 15 is 0 Å². The number of carbonyl (C=O) groups excluding carboxylic acids is 1. The lowest BCUT2D eigenvalue weighted by Gasteiger charge is -2.07. The Kier molecular flexibility index (Phi) is 4.18. The topological polar surface area (TPSA) is 77.6 Å². The average molecular weight is 310 g/mol. The summed E-state index contributed by atoms with van der Waals surface area (Å²) < 4.78 is 3.68. The Balaban J connectivity index is 1.62. The van der Waals surface area contributed by atoms with Crippen LogP contribution in [-0.4, -0.2) is 37.0 Å². The van der Waals surface area contributed by atoms with Crippen molar-refractivity contribution in [3.63, 3.8) is 0 Å². The van der Waals surface area contributed by atoms with E-state index in [1.54, 1.807) is 24.8 Å². The first-order chi connectivity index (χ1) is 11.1. The lowest BCUT2D eigenvalue weighted by atomic mass is 10.2. The van der Waals surface area contributed by atoms with Gasteiger partial charge in [0.1, 0.15) is 12.7 Å². The molecule has 0 radical (unpaired) electrons. The molecule has 1 amide bonds. The summed E-state index contributed by atoms with van der Waals surface area (Å²) in [5.41, 5.74) is 3.60. The summed E-state index contributed by atoms with van der Waals surface area (Å²) in [5.74, 6) is -0.0991. The smallest absolute Gasteiger partial charge is 0.251 e. The second kappa shape index (κ2) is 6.43. The average Bonchev–Trinajstić information content (AvgIpc) is 3.17. The predicted molar refractivity (Wildman–Crippen MR) is 85.4 cm³/mol. The second-order valence-electron chi connectivity index (χ2n) is 5.34. The van der Waals surface area contributed by atoms with Crippen molar-refractivity contribution in [1.29, 1.82) is 0 Å². The molecule has 0 atom stereocenters. The molecular formula is C16H18N6O. The first-order valence-corrected chi connectivity index (χ1v) is 7.38. The number of nitrogens with one attached hydrogen (secondary N) is 1. The van der Waals surface area contributed by atoms with Crippen molar-refractivity contribution in [2.45, 2.75) is 20.4 Å². The maximum absolute atomic E-state index is 12.1. The largest absolute Gasteiger partial charge is 0.350 e. The lowest BCUT2D eigenvalue weighted by Crippen LogP contribution is -2.26. The van der Waals surface area contributed by atoms with Gasteiger partial charge in [-0.05, 0) is 44.2 Å². The third-order valence-electron chi connectivity index (χ3n) is 3.51. The maximum atomic E-state index is 12.1. The Morgan fingerprint density at radius 3 is 2.43 bits per heavy atom. The first kappa shape index (κ1) is 15.0. The lowest BCUT2D eigenvalue weighted by molar-refractivity contribution is 0.0952. The molecule has 3 rings (SSSR count). The van der Waals surface area contributed by atoms with Crippen molar-refractivity contribution in [3.05, 3.63) is 59.9 Å². The van der Waals surface area contributed by atoms with Gasteiger partial charge in [0.05, 0.1) is 11.4 Å². The van der Waals surface area contributed by atoms with Crippen LogP contribution in [0.25, 0.3) is 5.69 Å². The van der Waals surface area contributed by atoms with Crippen molar-refractivity contribution in [3.8, 4) is 5.69 Å². The summed E-state index contributed by atoms with van der Waals surface area (Å²) in [4.78, 5) is 12.1. The molecule has 23 heavy (non-hydrogen) atoms. The molecule has 2 aromatic heterocycles. The minimum atomic E-state index is -0.0991. The van der Waals surface area contributed by atoms with E-state index in [1.807, 2.05) is 41.3 Å². The molecular weight excluding hydrogens is 292 g/mol. The second-order valence-corrected chi connectivity index (χ2v) is 5.34. The monoisotopic (exact) mass is 310 g/mol. The maximum Gasteiger partial charge on any atom is 0.251 e. The fourth-order valence-corrected chi connectivity index (χ4v) is 2.38. The van der Waals surface area contributed by atoms with Crippen LogP contribution in [0.15, 0.2) is 43.0 Å². The van der Waals surface area contributed by atoms with Crippen molar-refractivity contribution < 1.29 is 4.79 Å². The van der Waals surface area contributed by atoms with Crippen LogP contribution in [0, 0.1) is 13.8 Å². The standard InChI is InChI=1S/C16H18N6O/c1-12-9-13(2)22(20-12)15-5-3-14(4-6-15)16(23)17-7-8-21-10-18-19-11-21/h3-6,9-11H,7-8H2,1-2H3,(H,17,23). The molecule has 0 unspecified atom stereocenters. The van der Waals surface area contributed by atoms with E-state index in [0.29, 0.717) is 18.7 Å². The van der Waals surface area contributed by atoms with Gasteiger partial charge in [-0.1, -0.05) is 0 Å². The molecule has 0 aliphatic carbocycles. The summed E-state index contributed by atoms with van der Waals surface area (Å²) in [5, 5.41) is 14.7. The van der Waals surface area contributed by atoms with E-state index in [9.17, 15) is 4.79 Å². The van der Waals surface area contributed by atoms with Gasteiger partial charge in [-0.3, -0.25) is 4.79 Å². The molecule has 0 aliphatic rings. The van der Waals surface area contributed by atoms with Crippen LogP contribution in [0.1, 0.15) is 21.7 Å². The minimum Gasteiger partial charge on any atom is -0.350 e. The number of hydrogen-bond donors (Lipinski definition) is 1. The molecule has 118 valence electrons. The molecule has 1 aromatic carbocycles. The van der Waals surface area contributed by atoms with Gasteiger partial charge in [0.2, 0.25) is 0 Å². The molecule has 7 nitrogen and oxygen atoms in total. The van der Waals surface area contributed by atoms with E-state index < -0.39 is 0 Å². The van der Waals surface area contributed by atoms with Gasteiger partial charge >= 0.3 is 0 Å². The van der Waals surface area contributed by atoms with Gasteiger partial charge in [0.15, 0.2) is 0 Å². The van der Waals surface area contributed by atoms with Crippen molar-refractivity contribution >= 4 is 5.91 Å². The highest BCUT2D eigenvalue weighted by Crippen LogP contribution is 2.13. The zero-order valence-electron chi connectivity index (χ0n) is 13.1. The molecule has 1 N–H and O–H groups in total. The van der Waals surface area contributed by atoms with Crippen molar-refractivity contribution in [2.24, 2.45) is 0 Å². The third kappa shape index (κ3) is 3.45. The number of aromatic nitrogens is 5. The number of aryl methyl sites for hydroxylation is 2. The van der Waals surface area contributed by atoms with Crippen LogP contribution in [0.3, 0.4) is 0 Å². The molecule has 0 bridgehead atoms. The number of benzene rings is 1. The summed E-state index contributed by atoms with van der Waals surface area (Å²) in [7, 11) is 0. The Bertz CT molecular complexity index is 789. The van der Waals surface area contributed by atoms with Gasteiger partial charge in [0.25, 0.3) is 5.91 Å². The summed E-state index contributed by atoms with van der Waals surface area (Å²) in [6.45, 7) is 5.13. The van der Waals surface area contributed by atoms with Crippen LogP contribution >= 0.6 is 0 Å². The SMILES string of the molecule is Cc1cc(C)n(-c2ccc(C(=O)NCCn3cnnc3)cc2)n1. The molecule has 0 saturated heterocycles. The normalized spacial score (nSPS) is 10.7. The zero-order chi connectivity index (χ0) is 16.2. The van der Waals surface area contributed by atoms with Gasteiger partial charge in [-0.25, -0.2) is 4.68 Å². The molecule has 0 spiro atoms. The molecule has 0 saturated carbocycles. The predicted octanol–water partition coefficient (Wildman–Crippen LogP) is 1.51. The summed E-state index contributed by atoms with van der Waals surface area (Å²) in [6, 6.07) is 9.42. The Labute approximate surface area is 134 Å². The molecule has 7 heteroatoms. The minimum absolute atomic E-state index is 0.0991. The van der Waals surface area contributed by atoms with E-state index in [0.717, 1.165) is 17.1 Å². The fraction of sp³-hybridized carbons (Fsp3) is 0.250. The van der Waals surface area contributed by atoms with E-state index in [-0.39, 0.29) is 5.91 Å². The van der Waals surface area contributed by atoms with Crippen molar-refractivity contribution in [1.82, 2.24) is 29.9 Å². The van der Waals surface area contributed by atoms with Gasteiger partial charge in [-0.15, -0.1) is 10.2 Å². The zero-order valence-corrected chi connectivity index (χ0v) is 13.1. The van der Waals surface area contributed by atoms with Crippen LogP contribution in [0.4, 0.5) is 0 Å².